The van der Waals surface area contributed by atoms with Crippen LogP contribution in [0.1, 0.15) is 11.1 Å². The van der Waals surface area contributed by atoms with Gasteiger partial charge in [-0.25, -0.2) is 22.4 Å². The van der Waals surface area contributed by atoms with E-state index in [9.17, 15) is 22.4 Å². The number of aliphatic carboxylic acids is 1. The minimum absolute atomic E-state index is 0.385. The molecule has 0 aliphatic rings. The van der Waals surface area contributed by atoms with Crippen molar-refractivity contribution in [3.63, 3.8) is 0 Å². The first kappa shape index (κ1) is 12.2. The molecule has 0 aliphatic heterocycles. The molecule has 0 aromatic heterocycles. The monoisotopic (exact) mass is 234 g/mol. The van der Waals surface area contributed by atoms with E-state index < -0.39 is 40.4 Å². The number of benzene rings is 1. The van der Waals surface area contributed by atoms with E-state index in [2.05, 4.69) is 0 Å². The summed E-state index contributed by atoms with van der Waals surface area (Å²) in [6.07, 6.45) is 0.842. The van der Waals surface area contributed by atoms with Gasteiger partial charge in [0.05, 0.1) is 5.56 Å². The zero-order valence-corrected chi connectivity index (χ0v) is 8.02. The maximum atomic E-state index is 13.1. The molecule has 1 rings (SSSR count). The number of carboxylic acids is 1. The van der Waals surface area contributed by atoms with Crippen LogP contribution in [0.4, 0.5) is 17.6 Å². The quantitative estimate of drug-likeness (QED) is 0.485. The predicted octanol–water partition coefficient (Wildman–Crippen LogP) is 2.65. The van der Waals surface area contributed by atoms with E-state index in [1.807, 2.05) is 0 Å². The van der Waals surface area contributed by atoms with Gasteiger partial charge in [-0.05, 0) is 13.0 Å². The van der Waals surface area contributed by atoms with Crippen LogP contribution in [-0.2, 0) is 4.79 Å². The molecule has 16 heavy (non-hydrogen) atoms. The molecule has 0 radical (unpaired) electrons. The molecule has 86 valence electrons. The fourth-order valence-electron chi connectivity index (χ4n) is 1.06. The minimum atomic E-state index is -1.62. The molecule has 0 heterocycles. The van der Waals surface area contributed by atoms with Crippen LogP contribution in [-0.4, -0.2) is 11.1 Å². The normalized spacial score (nSPS) is 11.1. The molecule has 1 N–H and O–H groups in total. The molecule has 0 saturated carbocycles. The zero-order chi connectivity index (χ0) is 12.5. The van der Waals surface area contributed by atoms with Gasteiger partial charge in [-0.3, -0.25) is 0 Å². The summed E-state index contributed by atoms with van der Waals surface area (Å²) in [6, 6.07) is 0. The van der Waals surface area contributed by atoms with E-state index in [-0.39, 0.29) is 0 Å². The third-order valence-electron chi connectivity index (χ3n) is 1.91. The molecule has 0 bridgehead atoms. The number of rotatable bonds is 2. The number of hydrogen-bond acceptors (Lipinski definition) is 1. The first-order valence-corrected chi connectivity index (χ1v) is 4.09. The highest BCUT2D eigenvalue weighted by atomic mass is 19.2. The van der Waals surface area contributed by atoms with Crippen molar-refractivity contribution in [2.24, 2.45) is 0 Å². The summed E-state index contributed by atoms with van der Waals surface area (Å²) in [5, 5.41) is 8.23. The van der Waals surface area contributed by atoms with Crippen LogP contribution in [0.25, 0.3) is 6.08 Å². The second-order valence-corrected chi connectivity index (χ2v) is 2.97. The van der Waals surface area contributed by atoms with E-state index >= 15 is 0 Å². The summed E-state index contributed by atoms with van der Waals surface area (Å²) >= 11 is 0. The van der Waals surface area contributed by atoms with Crippen molar-refractivity contribution in [1.29, 1.82) is 0 Å². The van der Waals surface area contributed by atoms with Gasteiger partial charge in [0, 0.05) is 11.6 Å². The lowest BCUT2D eigenvalue weighted by molar-refractivity contribution is -0.131. The summed E-state index contributed by atoms with van der Waals surface area (Å²) in [4.78, 5) is 10.1. The van der Waals surface area contributed by atoms with Gasteiger partial charge >= 0.3 is 5.97 Å². The molecule has 6 heteroatoms. The highest BCUT2D eigenvalue weighted by Crippen LogP contribution is 2.24. The smallest absolute Gasteiger partial charge is 0.328 e. The van der Waals surface area contributed by atoms with Crippen molar-refractivity contribution in [3.8, 4) is 0 Å². The van der Waals surface area contributed by atoms with Crippen LogP contribution in [0.5, 0.6) is 0 Å². The third-order valence-corrected chi connectivity index (χ3v) is 1.91. The Morgan fingerprint density at radius 1 is 1.06 bits per heavy atom. The maximum absolute atomic E-state index is 13.1. The Morgan fingerprint density at radius 2 is 1.50 bits per heavy atom. The number of carboxylic acid groups (broad SMARTS) is 1. The summed E-state index contributed by atoms with van der Waals surface area (Å²) in [7, 11) is 0. The first-order valence-electron chi connectivity index (χ1n) is 4.09. The van der Waals surface area contributed by atoms with Crippen molar-refractivity contribution in [2.75, 3.05) is 0 Å². The summed E-state index contributed by atoms with van der Waals surface area (Å²) in [5.74, 6) is -7.80. The van der Waals surface area contributed by atoms with E-state index in [1.165, 1.54) is 0 Å². The van der Waals surface area contributed by atoms with E-state index in [4.69, 9.17) is 5.11 Å². The van der Waals surface area contributed by atoms with E-state index in [0.29, 0.717) is 12.2 Å². The molecule has 1 aromatic rings. The van der Waals surface area contributed by atoms with Gasteiger partial charge in [0.2, 0.25) is 0 Å². The Hall–Kier alpha value is -1.85. The Kier molecular flexibility index (Phi) is 3.31. The van der Waals surface area contributed by atoms with Crippen LogP contribution in [0, 0.1) is 30.2 Å². The average Bonchev–Trinajstić information content (AvgIpc) is 2.23. The van der Waals surface area contributed by atoms with Gasteiger partial charge in [0.1, 0.15) is 0 Å². The van der Waals surface area contributed by atoms with Crippen LogP contribution in [0.2, 0.25) is 0 Å². The van der Waals surface area contributed by atoms with Crippen LogP contribution in [0.3, 0.4) is 0 Å². The minimum Gasteiger partial charge on any atom is -0.478 e. The van der Waals surface area contributed by atoms with Gasteiger partial charge in [-0.15, -0.1) is 0 Å². The lowest BCUT2D eigenvalue weighted by atomic mass is 10.1. The van der Waals surface area contributed by atoms with Crippen molar-refractivity contribution >= 4 is 12.0 Å². The molecular formula is C10H6F4O2. The Labute approximate surface area is 87.8 Å². The fraction of sp³-hybridized carbons (Fsp3) is 0.100. The van der Waals surface area contributed by atoms with E-state index in [0.717, 1.165) is 6.92 Å². The number of halogens is 4. The SMILES string of the molecule is Cc1c(F)c(F)c(/C=C/C(=O)O)c(F)c1F. The van der Waals surface area contributed by atoms with Crippen molar-refractivity contribution in [1.82, 2.24) is 0 Å². The number of hydrogen-bond donors (Lipinski definition) is 1. The Bertz CT molecular complexity index is 451. The summed E-state index contributed by atoms with van der Waals surface area (Å²) in [5.41, 5.74) is -1.84. The van der Waals surface area contributed by atoms with Crippen molar-refractivity contribution in [2.45, 2.75) is 6.92 Å². The van der Waals surface area contributed by atoms with Gasteiger partial charge in [-0.2, -0.15) is 0 Å². The average molecular weight is 234 g/mol. The summed E-state index contributed by atoms with van der Waals surface area (Å²) in [6.45, 7) is 0.877. The van der Waals surface area contributed by atoms with Crippen LogP contribution >= 0.6 is 0 Å². The lowest BCUT2D eigenvalue weighted by Gasteiger charge is -2.05. The topological polar surface area (TPSA) is 37.3 Å². The van der Waals surface area contributed by atoms with Crippen molar-refractivity contribution < 1.29 is 27.5 Å². The maximum Gasteiger partial charge on any atom is 0.328 e. The lowest BCUT2D eigenvalue weighted by Crippen LogP contribution is -2.03. The molecular weight excluding hydrogens is 228 g/mol. The molecule has 0 atom stereocenters. The van der Waals surface area contributed by atoms with Gasteiger partial charge in [-0.1, -0.05) is 0 Å². The highest BCUT2D eigenvalue weighted by Gasteiger charge is 2.21. The Balaban J connectivity index is 3.45. The molecule has 2 nitrogen and oxygen atoms in total. The van der Waals surface area contributed by atoms with Gasteiger partial charge < -0.3 is 5.11 Å². The van der Waals surface area contributed by atoms with Crippen LogP contribution < -0.4 is 0 Å². The molecule has 0 amide bonds. The van der Waals surface area contributed by atoms with Gasteiger partial charge in [0.15, 0.2) is 23.3 Å². The predicted molar refractivity (Wildman–Crippen MR) is 47.7 cm³/mol. The molecule has 0 saturated heterocycles. The molecule has 0 aliphatic carbocycles. The third kappa shape index (κ3) is 2.05. The van der Waals surface area contributed by atoms with Crippen LogP contribution in [0.15, 0.2) is 6.08 Å². The second kappa shape index (κ2) is 4.34. The van der Waals surface area contributed by atoms with Gasteiger partial charge in [0.25, 0.3) is 0 Å². The molecule has 0 fully saturated rings. The van der Waals surface area contributed by atoms with Crippen molar-refractivity contribution in [3.05, 3.63) is 40.5 Å². The largest absolute Gasteiger partial charge is 0.478 e. The summed E-state index contributed by atoms with van der Waals surface area (Å²) < 4.78 is 52.2. The Morgan fingerprint density at radius 3 is 1.88 bits per heavy atom. The molecule has 0 unspecified atom stereocenters. The molecule has 0 spiro atoms. The standard InChI is InChI=1S/C10H6F4O2/c1-4-7(11)9(13)5(2-3-6(15)16)10(14)8(4)12/h2-3H,1H3,(H,15,16)/b3-2+. The highest BCUT2D eigenvalue weighted by molar-refractivity contribution is 5.85. The second-order valence-electron chi connectivity index (χ2n) is 2.97. The van der Waals surface area contributed by atoms with E-state index in [1.54, 1.807) is 0 Å². The molecule has 1 aromatic carbocycles. The fourth-order valence-corrected chi connectivity index (χ4v) is 1.06. The zero-order valence-electron chi connectivity index (χ0n) is 8.02. The number of carbonyl (C=O) groups is 1. The first-order chi connectivity index (χ1) is 7.36.